The van der Waals surface area contributed by atoms with Crippen molar-refractivity contribution >= 4 is 29.1 Å². The van der Waals surface area contributed by atoms with Crippen LogP contribution in [0.2, 0.25) is 0 Å². The van der Waals surface area contributed by atoms with Gasteiger partial charge in [0, 0.05) is 26.1 Å². The Labute approximate surface area is 176 Å². The minimum Gasteiger partial charge on any atom is -0.370 e. The number of carbonyl (C=O) groups excluding carboxylic acids is 3. The number of para-hydroxylation sites is 2. The van der Waals surface area contributed by atoms with Crippen LogP contribution in [0.5, 0.6) is 0 Å². The van der Waals surface area contributed by atoms with E-state index in [1.807, 2.05) is 18.2 Å². The lowest BCUT2D eigenvalue weighted by molar-refractivity contribution is -0.116. The number of rotatable bonds is 6. The number of anilines is 2. The first-order chi connectivity index (χ1) is 14.6. The number of nitrogens with zero attached hydrogens (tertiary/aromatic N) is 2. The second-order valence-electron chi connectivity index (χ2n) is 7.88. The van der Waals surface area contributed by atoms with Gasteiger partial charge in [-0.1, -0.05) is 37.1 Å². The minimum absolute atomic E-state index is 0.103. The van der Waals surface area contributed by atoms with Crippen LogP contribution in [0.25, 0.3) is 0 Å². The van der Waals surface area contributed by atoms with E-state index in [-0.39, 0.29) is 30.7 Å². The van der Waals surface area contributed by atoms with Gasteiger partial charge in [-0.15, -0.1) is 0 Å². The Morgan fingerprint density at radius 1 is 0.833 bits per heavy atom. The van der Waals surface area contributed by atoms with Crippen molar-refractivity contribution in [1.29, 1.82) is 0 Å². The number of amides is 3. The molecule has 4 rings (SSSR count). The van der Waals surface area contributed by atoms with Gasteiger partial charge in [0.15, 0.2) is 0 Å². The highest BCUT2D eigenvalue weighted by Gasteiger charge is 2.34. The maximum Gasteiger partial charge on any atom is 0.261 e. The minimum atomic E-state index is -0.275. The second-order valence-corrected chi connectivity index (χ2v) is 7.88. The molecule has 0 bridgehead atoms. The molecule has 2 aliphatic rings. The molecule has 6 heteroatoms. The highest BCUT2D eigenvalue weighted by molar-refractivity contribution is 6.21. The lowest BCUT2D eigenvalue weighted by atomic mass is 10.1. The summed E-state index contributed by atoms with van der Waals surface area (Å²) in [5.74, 6) is -0.654. The Hall–Kier alpha value is -3.15. The predicted molar refractivity (Wildman–Crippen MR) is 117 cm³/mol. The third-order valence-electron chi connectivity index (χ3n) is 5.79. The summed E-state index contributed by atoms with van der Waals surface area (Å²) in [5, 5.41) is 3.02. The van der Waals surface area contributed by atoms with E-state index in [9.17, 15) is 14.4 Å². The molecular formula is C24H27N3O3. The summed E-state index contributed by atoms with van der Waals surface area (Å²) in [6, 6.07) is 14.8. The van der Waals surface area contributed by atoms with E-state index in [4.69, 9.17) is 0 Å². The Kier molecular flexibility index (Phi) is 6.12. The molecule has 3 amide bonds. The number of imide groups is 1. The molecular weight excluding hydrogens is 378 g/mol. The quantitative estimate of drug-likeness (QED) is 0.735. The van der Waals surface area contributed by atoms with Crippen LogP contribution in [0.1, 0.15) is 59.2 Å². The fourth-order valence-electron chi connectivity index (χ4n) is 4.22. The van der Waals surface area contributed by atoms with Crippen molar-refractivity contribution in [1.82, 2.24) is 4.90 Å². The van der Waals surface area contributed by atoms with Gasteiger partial charge in [0.2, 0.25) is 5.91 Å². The summed E-state index contributed by atoms with van der Waals surface area (Å²) >= 11 is 0. The Balaban J connectivity index is 1.33. The summed E-state index contributed by atoms with van der Waals surface area (Å²) in [6.45, 7) is 2.26. The van der Waals surface area contributed by atoms with Gasteiger partial charge in [0.25, 0.3) is 11.8 Å². The largest absolute Gasteiger partial charge is 0.370 e. The average Bonchev–Trinajstić information content (AvgIpc) is 2.95. The summed E-state index contributed by atoms with van der Waals surface area (Å²) in [5.41, 5.74) is 2.77. The Morgan fingerprint density at radius 2 is 1.43 bits per heavy atom. The molecule has 6 nitrogen and oxygen atoms in total. The van der Waals surface area contributed by atoms with Crippen molar-refractivity contribution < 1.29 is 14.4 Å². The topological polar surface area (TPSA) is 69.7 Å². The zero-order valence-corrected chi connectivity index (χ0v) is 17.1. The van der Waals surface area contributed by atoms with E-state index in [1.54, 1.807) is 24.3 Å². The zero-order chi connectivity index (χ0) is 20.9. The van der Waals surface area contributed by atoms with E-state index < -0.39 is 0 Å². The van der Waals surface area contributed by atoms with E-state index in [0.29, 0.717) is 17.5 Å². The molecule has 0 unspecified atom stereocenters. The number of carbonyl (C=O) groups is 3. The van der Waals surface area contributed by atoms with Gasteiger partial charge in [-0.25, -0.2) is 0 Å². The molecule has 0 atom stereocenters. The fraction of sp³-hybridized carbons (Fsp3) is 0.375. The van der Waals surface area contributed by atoms with Crippen molar-refractivity contribution in [3.05, 3.63) is 59.7 Å². The number of benzene rings is 2. The van der Waals surface area contributed by atoms with Gasteiger partial charge in [0.1, 0.15) is 0 Å². The normalized spacial score (nSPS) is 16.4. The molecule has 1 fully saturated rings. The molecule has 30 heavy (non-hydrogen) atoms. The third kappa shape index (κ3) is 4.22. The van der Waals surface area contributed by atoms with Gasteiger partial charge in [-0.3, -0.25) is 19.3 Å². The van der Waals surface area contributed by atoms with Crippen molar-refractivity contribution in [3.63, 3.8) is 0 Å². The SMILES string of the molecule is O=C(CCCN1C(=O)c2ccccc2C1=O)Nc1ccccc1N1CCCCCC1. The second kappa shape index (κ2) is 9.11. The maximum atomic E-state index is 12.6. The van der Waals surface area contributed by atoms with Crippen molar-refractivity contribution in [3.8, 4) is 0 Å². The number of fused-ring (bicyclic) bond motifs is 1. The first-order valence-electron chi connectivity index (χ1n) is 10.7. The van der Waals surface area contributed by atoms with Gasteiger partial charge >= 0.3 is 0 Å². The Bertz CT molecular complexity index is 913. The van der Waals surface area contributed by atoms with E-state index in [0.717, 1.165) is 24.5 Å². The number of hydrogen-bond donors (Lipinski definition) is 1. The van der Waals surface area contributed by atoms with Gasteiger partial charge < -0.3 is 10.2 Å². The summed E-state index contributed by atoms with van der Waals surface area (Å²) < 4.78 is 0. The fourth-order valence-corrected chi connectivity index (χ4v) is 4.22. The highest BCUT2D eigenvalue weighted by atomic mass is 16.2. The molecule has 0 aromatic heterocycles. The number of hydrogen-bond acceptors (Lipinski definition) is 4. The molecule has 2 aromatic carbocycles. The van der Waals surface area contributed by atoms with Crippen LogP contribution in [0.15, 0.2) is 48.5 Å². The van der Waals surface area contributed by atoms with Crippen LogP contribution in [0.3, 0.4) is 0 Å². The smallest absolute Gasteiger partial charge is 0.261 e. The van der Waals surface area contributed by atoms with E-state index in [1.165, 1.54) is 30.6 Å². The van der Waals surface area contributed by atoms with Crippen molar-refractivity contribution in [2.75, 3.05) is 29.9 Å². The molecule has 156 valence electrons. The number of nitrogens with one attached hydrogen (secondary N) is 1. The monoisotopic (exact) mass is 405 g/mol. The molecule has 0 saturated carbocycles. The van der Waals surface area contributed by atoms with Gasteiger partial charge in [0.05, 0.1) is 22.5 Å². The zero-order valence-electron chi connectivity index (χ0n) is 17.1. The van der Waals surface area contributed by atoms with Crippen molar-refractivity contribution in [2.24, 2.45) is 0 Å². The van der Waals surface area contributed by atoms with Gasteiger partial charge in [-0.05, 0) is 43.5 Å². The summed E-state index contributed by atoms with van der Waals surface area (Å²) in [6.07, 6.45) is 5.53. The van der Waals surface area contributed by atoms with Crippen LogP contribution in [0, 0.1) is 0 Å². The molecule has 1 N–H and O–H groups in total. The molecule has 2 heterocycles. The molecule has 1 saturated heterocycles. The van der Waals surface area contributed by atoms with Crippen LogP contribution < -0.4 is 10.2 Å². The highest BCUT2D eigenvalue weighted by Crippen LogP contribution is 2.28. The first kappa shape index (κ1) is 20.1. The van der Waals surface area contributed by atoms with Crippen LogP contribution in [0.4, 0.5) is 11.4 Å². The molecule has 0 spiro atoms. The van der Waals surface area contributed by atoms with Gasteiger partial charge in [-0.2, -0.15) is 0 Å². The molecule has 0 aliphatic carbocycles. The van der Waals surface area contributed by atoms with E-state index in [2.05, 4.69) is 16.3 Å². The molecule has 0 radical (unpaired) electrons. The predicted octanol–water partition coefficient (Wildman–Crippen LogP) is 4.08. The van der Waals surface area contributed by atoms with Crippen LogP contribution in [-0.2, 0) is 4.79 Å². The summed E-state index contributed by atoms with van der Waals surface area (Å²) in [7, 11) is 0. The Morgan fingerprint density at radius 3 is 2.10 bits per heavy atom. The van der Waals surface area contributed by atoms with Crippen LogP contribution >= 0.6 is 0 Å². The lowest BCUT2D eigenvalue weighted by Crippen LogP contribution is -2.31. The standard InChI is InChI=1S/C24H27N3O3/c28-22(14-9-17-27-23(29)18-10-3-4-11-19(18)24(27)30)25-20-12-5-6-13-21(20)26-15-7-1-2-8-16-26/h3-6,10-13H,1-2,7-9,14-17H2,(H,25,28). The first-order valence-corrected chi connectivity index (χ1v) is 10.7. The van der Waals surface area contributed by atoms with Crippen molar-refractivity contribution in [2.45, 2.75) is 38.5 Å². The molecule has 2 aromatic rings. The average molecular weight is 405 g/mol. The molecule has 2 aliphatic heterocycles. The summed E-state index contributed by atoms with van der Waals surface area (Å²) in [4.78, 5) is 41.0. The lowest BCUT2D eigenvalue weighted by Gasteiger charge is -2.25. The van der Waals surface area contributed by atoms with E-state index >= 15 is 0 Å². The van der Waals surface area contributed by atoms with Crippen LogP contribution in [-0.4, -0.2) is 42.3 Å². The third-order valence-corrected chi connectivity index (χ3v) is 5.79. The maximum absolute atomic E-state index is 12.6.